The second kappa shape index (κ2) is 9.42. The van der Waals surface area contributed by atoms with E-state index in [0.717, 1.165) is 31.7 Å². The van der Waals surface area contributed by atoms with Crippen molar-refractivity contribution in [2.24, 2.45) is 5.73 Å². The molecular weight excluding hydrogens is 434 g/mol. The van der Waals surface area contributed by atoms with Crippen LogP contribution in [-0.2, 0) is 9.59 Å². The van der Waals surface area contributed by atoms with Crippen LogP contribution in [0.2, 0.25) is 0 Å². The Morgan fingerprint density at radius 1 is 1.28 bits per heavy atom. The summed E-state index contributed by atoms with van der Waals surface area (Å²) in [6.45, 7) is 3.18. The lowest BCUT2D eigenvalue weighted by molar-refractivity contribution is -0.137. The number of piperazine rings is 1. The molecule has 1 aliphatic heterocycles. The molecule has 0 unspecified atom stereocenters. The van der Waals surface area contributed by atoms with Gasteiger partial charge in [0.05, 0.1) is 6.04 Å². The van der Waals surface area contributed by atoms with Gasteiger partial charge in [-0.05, 0) is 18.6 Å². The molecule has 1 amide bonds. The first-order valence-corrected chi connectivity index (χ1v) is 11.0. The van der Waals surface area contributed by atoms with Crippen molar-refractivity contribution < 1.29 is 14.7 Å². The average molecular weight is 458 g/mol. The number of carboxylic acids is 1. The van der Waals surface area contributed by atoms with Gasteiger partial charge in [-0.25, -0.2) is 0 Å². The van der Waals surface area contributed by atoms with Crippen molar-refractivity contribution in [3.05, 3.63) is 40.7 Å². The van der Waals surface area contributed by atoms with Crippen LogP contribution in [0.5, 0.6) is 0 Å². The summed E-state index contributed by atoms with van der Waals surface area (Å²) in [4.78, 5) is 41.8. The highest BCUT2D eigenvalue weighted by Gasteiger charge is 2.19. The highest BCUT2D eigenvalue weighted by molar-refractivity contribution is 7.19. The number of nitrogens with zero attached hydrogens (tertiary/aromatic N) is 4. The third-order valence-electron chi connectivity index (χ3n) is 5.06. The fourth-order valence-corrected chi connectivity index (χ4v) is 4.31. The van der Waals surface area contributed by atoms with Gasteiger partial charge in [0.1, 0.15) is 10.8 Å². The van der Waals surface area contributed by atoms with Crippen LogP contribution in [0.15, 0.2) is 35.1 Å². The number of rotatable bonds is 7. The van der Waals surface area contributed by atoms with E-state index in [1.807, 2.05) is 6.07 Å². The lowest BCUT2D eigenvalue weighted by Gasteiger charge is -2.28. The predicted octanol–water partition coefficient (Wildman–Crippen LogP) is 0.358. The Morgan fingerprint density at radius 2 is 2.06 bits per heavy atom. The van der Waals surface area contributed by atoms with E-state index >= 15 is 0 Å². The Morgan fingerprint density at radius 3 is 2.81 bits per heavy atom. The Labute approximate surface area is 186 Å². The van der Waals surface area contributed by atoms with Crippen molar-refractivity contribution in [3.8, 4) is 10.6 Å². The minimum absolute atomic E-state index is 0.0490. The van der Waals surface area contributed by atoms with Crippen LogP contribution in [0.4, 0.5) is 11.5 Å². The first-order chi connectivity index (χ1) is 15.4. The molecule has 0 bridgehead atoms. The molecule has 0 radical (unpaired) electrons. The monoisotopic (exact) mass is 457 g/mol. The Kier molecular flexibility index (Phi) is 6.44. The molecule has 0 saturated carbocycles. The first-order valence-electron chi connectivity index (χ1n) is 10.2. The second-order valence-corrected chi connectivity index (χ2v) is 8.36. The number of hydrogen-bond donors (Lipinski definition) is 4. The van der Waals surface area contributed by atoms with E-state index in [-0.39, 0.29) is 18.4 Å². The van der Waals surface area contributed by atoms with Crippen LogP contribution in [0.25, 0.3) is 15.5 Å². The summed E-state index contributed by atoms with van der Waals surface area (Å²) in [5, 5.41) is 20.1. The van der Waals surface area contributed by atoms with E-state index in [1.165, 1.54) is 17.4 Å². The summed E-state index contributed by atoms with van der Waals surface area (Å²) in [5.41, 5.74) is 6.73. The molecule has 1 aromatic carbocycles. The van der Waals surface area contributed by atoms with Crippen molar-refractivity contribution in [2.45, 2.75) is 18.9 Å². The fourth-order valence-electron chi connectivity index (χ4n) is 3.41. The normalized spacial score (nSPS) is 15.0. The van der Waals surface area contributed by atoms with E-state index in [1.54, 1.807) is 22.7 Å². The minimum Gasteiger partial charge on any atom is -0.481 e. The van der Waals surface area contributed by atoms with Crippen LogP contribution in [0.3, 0.4) is 0 Å². The summed E-state index contributed by atoms with van der Waals surface area (Å²) >= 11 is 1.28. The third kappa shape index (κ3) is 4.93. The number of aromatic nitrogens is 3. The Hall–Kier alpha value is -3.35. The predicted molar refractivity (Wildman–Crippen MR) is 121 cm³/mol. The Bertz CT molecular complexity index is 1200. The molecule has 1 fully saturated rings. The number of nitrogens with one attached hydrogen (secondary N) is 2. The molecule has 32 heavy (non-hydrogen) atoms. The molecule has 0 spiro atoms. The quantitative estimate of drug-likeness (QED) is 0.393. The van der Waals surface area contributed by atoms with E-state index in [0.29, 0.717) is 21.5 Å². The average Bonchev–Trinajstić information content (AvgIpc) is 3.21. The topological polar surface area (TPSA) is 155 Å². The molecule has 3 heterocycles. The molecule has 1 saturated heterocycles. The third-order valence-corrected chi connectivity index (χ3v) is 6.02. The molecule has 1 atom stereocenters. The van der Waals surface area contributed by atoms with Crippen molar-refractivity contribution >= 4 is 39.7 Å². The summed E-state index contributed by atoms with van der Waals surface area (Å²) in [5.74, 6) is -0.753. The molecule has 4 rings (SSSR count). The molecule has 5 N–H and O–H groups in total. The fraction of sp³-hybridized carbons (Fsp3) is 0.350. The summed E-state index contributed by atoms with van der Waals surface area (Å²) in [6.07, 6.45) is -0.130. The van der Waals surface area contributed by atoms with E-state index in [9.17, 15) is 14.4 Å². The van der Waals surface area contributed by atoms with Gasteiger partial charge in [0.25, 0.3) is 5.56 Å². The van der Waals surface area contributed by atoms with Gasteiger partial charge in [-0.1, -0.05) is 23.5 Å². The van der Waals surface area contributed by atoms with E-state index < -0.39 is 17.9 Å². The number of carbonyl (C=O) groups excluding carboxylic acids is 1. The lowest BCUT2D eigenvalue weighted by atomic mass is 10.1. The number of hydrogen-bond acceptors (Lipinski definition) is 9. The minimum atomic E-state index is -1.00. The highest BCUT2D eigenvalue weighted by Crippen LogP contribution is 2.28. The van der Waals surface area contributed by atoms with Gasteiger partial charge >= 0.3 is 5.97 Å². The summed E-state index contributed by atoms with van der Waals surface area (Å²) in [6, 6.07) is 7.66. The molecule has 12 heteroatoms. The van der Waals surface area contributed by atoms with Crippen LogP contribution in [0.1, 0.15) is 12.8 Å². The first kappa shape index (κ1) is 21.9. The highest BCUT2D eigenvalue weighted by atomic mass is 32.1. The smallest absolute Gasteiger partial charge is 0.303 e. The van der Waals surface area contributed by atoms with Gasteiger partial charge in [-0.15, -0.1) is 0 Å². The van der Waals surface area contributed by atoms with Crippen LogP contribution in [-0.4, -0.2) is 63.8 Å². The van der Waals surface area contributed by atoms with Crippen molar-refractivity contribution in [3.63, 3.8) is 0 Å². The van der Waals surface area contributed by atoms with Gasteiger partial charge in [0.15, 0.2) is 0 Å². The van der Waals surface area contributed by atoms with E-state index in [4.69, 9.17) is 10.8 Å². The molecule has 0 aliphatic carbocycles. The van der Waals surface area contributed by atoms with Gasteiger partial charge in [-0.3, -0.25) is 14.4 Å². The number of nitrogens with two attached hydrogens (primary N) is 1. The second-order valence-electron chi connectivity index (χ2n) is 7.40. The molecule has 1 aliphatic rings. The van der Waals surface area contributed by atoms with Gasteiger partial charge in [0.2, 0.25) is 10.9 Å². The van der Waals surface area contributed by atoms with Crippen LogP contribution < -0.4 is 26.8 Å². The maximum absolute atomic E-state index is 12.3. The van der Waals surface area contributed by atoms with Crippen LogP contribution in [0, 0.1) is 0 Å². The standard InChI is InChI=1S/C20H23N7O4S/c21-14(4-5-17(29)30)18(31)23-13-3-1-2-12(10-13)19-25-27-16(26-8-6-22-7-9-26)11-15(28)24-20(27)32-19/h1-3,10-11,14,22H,4-9,21H2,(H,23,31)(H,29,30)/t14-/m1/s1. The van der Waals surface area contributed by atoms with Gasteiger partial charge in [-0.2, -0.15) is 14.6 Å². The SMILES string of the molecule is N[C@H](CCC(=O)O)C(=O)Nc1cccc(-c2nn3c(N4CCNCC4)cc(=O)nc3s2)c1. The Balaban J connectivity index is 1.59. The number of anilines is 2. The number of benzene rings is 1. The molecule has 3 aromatic rings. The maximum Gasteiger partial charge on any atom is 0.303 e. The number of amides is 1. The molecule has 11 nitrogen and oxygen atoms in total. The van der Waals surface area contributed by atoms with Crippen LogP contribution >= 0.6 is 11.3 Å². The van der Waals surface area contributed by atoms with Gasteiger partial charge < -0.3 is 26.4 Å². The zero-order chi connectivity index (χ0) is 22.7. The van der Waals surface area contributed by atoms with Crippen molar-refractivity contribution in [1.29, 1.82) is 0 Å². The summed E-state index contributed by atoms with van der Waals surface area (Å²) in [7, 11) is 0. The number of carbonyl (C=O) groups is 2. The molecular formula is C20H23N7O4S. The van der Waals surface area contributed by atoms with Crippen molar-refractivity contribution in [2.75, 3.05) is 36.4 Å². The number of carboxylic acid groups (broad SMARTS) is 1. The van der Waals surface area contributed by atoms with Gasteiger partial charge in [0, 0.05) is 49.9 Å². The number of aliphatic carboxylic acids is 1. The zero-order valence-electron chi connectivity index (χ0n) is 17.2. The molecule has 2 aromatic heterocycles. The van der Waals surface area contributed by atoms with E-state index in [2.05, 4.69) is 25.6 Å². The largest absolute Gasteiger partial charge is 0.481 e. The summed E-state index contributed by atoms with van der Waals surface area (Å²) < 4.78 is 1.68. The molecule has 168 valence electrons. The maximum atomic E-state index is 12.3. The zero-order valence-corrected chi connectivity index (χ0v) is 18.0. The number of fused-ring (bicyclic) bond motifs is 1. The lowest BCUT2D eigenvalue weighted by Crippen LogP contribution is -2.44. The van der Waals surface area contributed by atoms with Crippen molar-refractivity contribution in [1.82, 2.24) is 19.9 Å².